The molecule has 0 saturated carbocycles. The van der Waals surface area contributed by atoms with E-state index in [1.165, 1.54) is 0 Å². The van der Waals surface area contributed by atoms with Gasteiger partial charge in [0.25, 0.3) is 6.54 Å². The lowest BCUT2D eigenvalue weighted by Crippen LogP contribution is -2.39. The fourth-order valence-electron chi connectivity index (χ4n) is 1.41. The Morgan fingerprint density at radius 3 is 2.81 bits per heavy atom. The lowest BCUT2D eigenvalue weighted by atomic mass is 10.4. The predicted octanol–water partition coefficient (Wildman–Crippen LogP) is -1.54. The summed E-state index contributed by atoms with van der Waals surface area (Å²) < 4.78 is 5.20. The zero-order valence-electron chi connectivity index (χ0n) is 9.09. The molecule has 1 fully saturated rings. The first-order valence-electron chi connectivity index (χ1n) is 5.14. The van der Waals surface area contributed by atoms with Gasteiger partial charge in [-0.2, -0.15) is 0 Å². The third kappa shape index (κ3) is 5.01. The summed E-state index contributed by atoms with van der Waals surface area (Å²) in [4.78, 5) is 16.0. The van der Waals surface area contributed by atoms with Crippen molar-refractivity contribution in [2.75, 3.05) is 45.9 Å². The van der Waals surface area contributed by atoms with Crippen molar-refractivity contribution in [3.63, 3.8) is 0 Å². The smallest absolute Gasteiger partial charge is 0.261 e. The summed E-state index contributed by atoms with van der Waals surface area (Å²) in [5.41, 5.74) is 2.24. The lowest BCUT2D eigenvalue weighted by Gasteiger charge is -2.25. The quantitative estimate of drug-likeness (QED) is 0.195. The Hall–Kier alpha value is -1.25. The summed E-state index contributed by atoms with van der Waals surface area (Å²) >= 11 is 0. The Labute approximate surface area is 93.6 Å². The molecule has 16 heavy (non-hydrogen) atoms. The molecule has 0 atom stereocenters. The lowest BCUT2D eigenvalue weighted by molar-refractivity contribution is -0.463. The fraction of sp³-hybridized carbons (Fsp3) is 0.875. The second-order valence-electron chi connectivity index (χ2n) is 3.42. The molecule has 0 amide bonds. The molecule has 0 spiro atoms. The van der Waals surface area contributed by atoms with E-state index in [-0.39, 0.29) is 12.4 Å². The highest BCUT2D eigenvalue weighted by Crippen LogP contribution is 1.95. The van der Waals surface area contributed by atoms with Crippen molar-refractivity contribution in [2.45, 2.75) is 0 Å². The molecular formula is C8H17N5O3. The summed E-state index contributed by atoms with van der Waals surface area (Å²) in [5.74, 6) is 5.33. The highest BCUT2D eigenvalue weighted by Gasteiger charge is 2.10. The molecule has 0 bridgehead atoms. The predicted molar refractivity (Wildman–Crippen MR) is 58.7 cm³/mol. The monoisotopic (exact) mass is 231 g/mol. The Kier molecular flexibility index (Phi) is 5.68. The van der Waals surface area contributed by atoms with Crippen LogP contribution in [0.5, 0.6) is 0 Å². The van der Waals surface area contributed by atoms with E-state index >= 15 is 0 Å². The molecular weight excluding hydrogens is 214 g/mol. The average molecular weight is 231 g/mol. The van der Waals surface area contributed by atoms with Gasteiger partial charge in [0.05, 0.1) is 19.8 Å². The third-order valence-corrected chi connectivity index (χ3v) is 2.27. The molecule has 8 heteroatoms. The number of nitrogens with one attached hydrogen (secondary N) is 1. The normalized spacial score (nSPS) is 18.4. The van der Waals surface area contributed by atoms with Crippen molar-refractivity contribution in [1.82, 2.24) is 10.3 Å². The first kappa shape index (κ1) is 12.8. The number of hydrogen-bond acceptors (Lipinski definition) is 6. The maximum atomic E-state index is 10.2. The Bertz CT molecular complexity index is 252. The number of hydrogen-bond donors (Lipinski definition) is 2. The number of hydrazine groups is 1. The molecule has 0 unspecified atom stereocenters. The minimum atomic E-state index is -0.465. The van der Waals surface area contributed by atoms with E-state index in [0.717, 1.165) is 32.8 Å². The highest BCUT2D eigenvalue weighted by molar-refractivity contribution is 5.82. The molecule has 92 valence electrons. The van der Waals surface area contributed by atoms with E-state index in [0.29, 0.717) is 6.54 Å². The van der Waals surface area contributed by atoms with E-state index in [4.69, 9.17) is 10.6 Å². The first-order chi connectivity index (χ1) is 7.72. The molecule has 0 aliphatic carbocycles. The number of aliphatic imine (C=N–C) groups is 1. The molecule has 0 aromatic heterocycles. The molecule has 1 aliphatic heterocycles. The van der Waals surface area contributed by atoms with Gasteiger partial charge < -0.3 is 10.2 Å². The maximum Gasteiger partial charge on any atom is 0.261 e. The zero-order valence-corrected chi connectivity index (χ0v) is 9.09. The zero-order chi connectivity index (χ0) is 11.8. The van der Waals surface area contributed by atoms with Gasteiger partial charge in [-0.15, -0.1) is 0 Å². The number of ether oxygens (including phenoxy) is 1. The maximum absolute atomic E-state index is 10.2. The van der Waals surface area contributed by atoms with Gasteiger partial charge in [0.2, 0.25) is 0 Å². The van der Waals surface area contributed by atoms with Gasteiger partial charge in [-0.1, -0.05) is 0 Å². The van der Waals surface area contributed by atoms with Crippen LogP contribution < -0.4 is 11.3 Å². The summed E-state index contributed by atoms with van der Waals surface area (Å²) in [6, 6.07) is 0. The Balaban J connectivity index is 2.24. The van der Waals surface area contributed by atoms with Crippen LogP contribution in [0.1, 0.15) is 0 Å². The highest BCUT2D eigenvalue weighted by atomic mass is 16.6. The largest absolute Gasteiger partial charge is 0.379 e. The van der Waals surface area contributed by atoms with Crippen molar-refractivity contribution in [3.05, 3.63) is 10.1 Å². The van der Waals surface area contributed by atoms with Crippen molar-refractivity contribution in [1.29, 1.82) is 0 Å². The second-order valence-corrected chi connectivity index (χ2v) is 3.42. The van der Waals surface area contributed by atoms with E-state index < -0.39 is 4.92 Å². The van der Waals surface area contributed by atoms with Gasteiger partial charge in [-0.25, -0.2) is 5.84 Å². The van der Waals surface area contributed by atoms with Crippen LogP contribution in [0.2, 0.25) is 0 Å². The molecule has 3 N–H and O–H groups in total. The molecule has 1 heterocycles. The summed E-state index contributed by atoms with van der Waals surface area (Å²) in [5, 5.41) is 10.2. The summed E-state index contributed by atoms with van der Waals surface area (Å²) in [6.45, 7) is 4.16. The van der Waals surface area contributed by atoms with Crippen LogP contribution in [0.25, 0.3) is 0 Å². The summed E-state index contributed by atoms with van der Waals surface area (Å²) in [6.07, 6.45) is 0. The van der Waals surface area contributed by atoms with Crippen LogP contribution in [-0.2, 0) is 4.74 Å². The minimum absolute atomic E-state index is 0.207. The molecule has 0 aromatic rings. The molecule has 1 aliphatic rings. The number of nitrogens with two attached hydrogens (primary N) is 1. The van der Waals surface area contributed by atoms with Gasteiger partial charge in [0.15, 0.2) is 5.84 Å². The molecule has 8 nitrogen and oxygen atoms in total. The van der Waals surface area contributed by atoms with E-state index in [1.807, 2.05) is 0 Å². The topological polar surface area (TPSA) is 106 Å². The fourth-order valence-corrected chi connectivity index (χ4v) is 1.41. The van der Waals surface area contributed by atoms with Gasteiger partial charge >= 0.3 is 0 Å². The van der Waals surface area contributed by atoms with Gasteiger partial charge in [0.1, 0.15) is 0 Å². The summed E-state index contributed by atoms with van der Waals surface area (Å²) in [7, 11) is 0. The number of nitro groups is 1. The second kappa shape index (κ2) is 7.09. The van der Waals surface area contributed by atoms with Crippen LogP contribution in [0, 0.1) is 10.1 Å². The first-order valence-corrected chi connectivity index (χ1v) is 5.14. The number of nitrogens with zero attached hydrogens (tertiary/aromatic N) is 3. The SMILES string of the molecule is NNC(C[N+](=O)[O-])=NCCN1CCOCC1. The Morgan fingerprint density at radius 1 is 1.56 bits per heavy atom. The Morgan fingerprint density at radius 2 is 2.25 bits per heavy atom. The van der Waals surface area contributed by atoms with Crippen molar-refractivity contribution < 1.29 is 9.66 Å². The molecule has 1 saturated heterocycles. The number of morpholine rings is 1. The molecule has 0 aromatic carbocycles. The standard InChI is InChI=1S/C8H17N5O3/c9-11-8(7-13(14)15)10-1-2-12-3-5-16-6-4-12/h1-7,9H2,(H,10,11). The number of rotatable bonds is 5. The van der Waals surface area contributed by atoms with Crippen LogP contribution in [0.3, 0.4) is 0 Å². The van der Waals surface area contributed by atoms with Crippen LogP contribution in [0.4, 0.5) is 0 Å². The van der Waals surface area contributed by atoms with E-state index in [9.17, 15) is 10.1 Å². The van der Waals surface area contributed by atoms with Crippen molar-refractivity contribution in [2.24, 2.45) is 10.8 Å². The molecule has 1 rings (SSSR count). The van der Waals surface area contributed by atoms with Crippen LogP contribution >= 0.6 is 0 Å². The molecule has 0 radical (unpaired) electrons. The van der Waals surface area contributed by atoms with Crippen molar-refractivity contribution in [3.8, 4) is 0 Å². The van der Waals surface area contributed by atoms with Gasteiger partial charge in [0, 0.05) is 24.6 Å². The van der Waals surface area contributed by atoms with Gasteiger partial charge in [-0.3, -0.25) is 20.0 Å². The average Bonchev–Trinajstić information content (AvgIpc) is 2.28. The van der Waals surface area contributed by atoms with E-state index in [1.54, 1.807) is 0 Å². The van der Waals surface area contributed by atoms with Crippen LogP contribution in [0.15, 0.2) is 4.99 Å². The van der Waals surface area contributed by atoms with Gasteiger partial charge in [-0.05, 0) is 0 Å². The third-order valence-electron chi connectivity index (χ3n) is 2.27. The van der Waals surface area contributed by atoms with Crippen LogP contribution in [-0.4, -0.2) is 61.6 Å². The number of amidine groups is 1. The van der Waals surface area contributed by atoms with Crippen molar-refractivity contribution >= 4 is 5.84 Å². The van der Waals surface area contributed by atoms with E-state index in [2.05, 4.69) is 15.3 Å². The minimum Gasteiger partial charge on any atom is -0.379 e.